The lowest BCUT2D eigenvalue weighted by Gasteiger charge is -2.43. The molecule has 0 aromatic heterocycles. The Labute approximate surface area is 112 Å². The molecule has 1 aromatic rings. The topological polar surface area (TPSA) is 6.48 Å². The lowest BCUT2D eigenvalue weighted by atomic mass is 10.1. The molecule has 0 N–H and O–H groups in total. The molecule has 0 aliphatic carbocycles. The van der Waals surface area contributed by atoms with Crippen molar-refractivity contribution in [3.05, 3.63) is 29.0 Å². The molecule has 2 fully saturated rings. The van der Waals surface area contributed by atoms with Gasteiger partial charge < -0.3 is 4.90 Å². The van der Waals surface area contributed by atoms with Crippen LogP contribution in [-0.4, -0.2) is 36.6 Å². The molecule has 2 heterocycles. The van der Waals surface area contributed by atoms with Crippen LogP contribution in [0.25, 0.3) is 0 Å². The van der Waals surface area contributed by atoms with Crippen LogP contribution in [0, 0.1) is 5.82 Å². The summed E-state index contributed by atoms with van der Waals surface area (Å²) in [5.74, 6) is -0.340. The second-order valence-electron chi connectivity index (χ2n) is 5.39. The first-order chi connectivity index (χ1) is 8.65. The van der Waals surface area contributed by atoms with Gasteiger partial charge in [0.25, 0.3) is 0 Å². The van der Waals surface area contributed by atoms with Crippen molar-refractivity contribution < 1.29 is 4.39 Å². The Kier molecular flexibility index (Phi) is 3.20. The highest BCUT2D eigenvalue weighted by atomic mass is 35.5. The number of anilines is 1. The van der Waals surface area contributed by atoms with E-state index in [0.29, 0.717) is 12.1 Å². The number of nitrogens with zero attached hydrogens (tertiary/aromatic N) is 2. The quantitative estimate of drug-likeness (QED) is 0.772. The maximum absolute atomic E-state index is 13.2. The molecule has 98 valence electrons. The van der Waals surface area contributed by atoms with E-state index in [0.717, 1.165) is 18.8 Å². The molecule has 4 heteroatoms. The minimum absolute atomic E-state index is 0.216. The number of piperazine rings is 1. The Morgan fingerprint density at radius 1 is 1.33 bits per heavy atom. The van der Waals surface area contributed by atoms with E-state index in [-0.39, 0.29) is 10.8 Å². The number of hydrogen-bond acceptors (Lipinski definition) is 2. The summed E-state index contributed by atoms with van der Waals surface area (Å²) in [4.78, 5) is 4.93. The Morgan fingerprint density at radius 3 is 2.94 bits per heavy atom. The lowest BCUT2D eigenvalue weighted by molar-refractivity contribution is 0.203. The maximum atomic E-state index is 13.2. The van der Waals surface area contributed by atoms with Gasteiger partial charge in [0, 0.05) is 30.9 Å². The summed E-state index contributed by atoms with van der Waals surface area (Å²) in [7, 11) is 0. The summed E-state index contributed by atoms with van der Waals surface area (Å²) >= 11 is 5.88. The molecular weight excluding hydrogens is 251 g/mol. The zero-order valence-corrected chi connectivity index (χ0v) is 11.3. The molecule has 2 unspecified atom stereocenters. The molecule has 1 aromatic carbocycles. The van der Waals surface area contributed by atoms with Crippen LogP contribution in [-0.2, 0) is 0 Å². The fourth-order valence-electron chi connectivity index (χ4n) is 3.21. The minimum atomic E-state index is -0.340. The largest absolute Gasteiger partial charge is 0.366 e. The van der Waals surface area contributed by atoms with E-state index < -0.39 is 0 Å². The third kappa shape index (κ3) is 2.10. The normalized spacial score (nSPS) is 28.5. The highest BCUT2D eigenvalue weighted by Gasteiger charge is 2.34. The van der Waals surface area contributed by atoms with Crippen molar-refractivity contribution >= 4 is 17.3 Å². The molecule has 2 aliphatic heterocycles. The molecular formula is C14H18ClFN2. The average Bonchev–Trinajstić information content (AvgIpc) is 2.79. The molecule has 0 saturated carbocycles. The van der Waals surface area contributed by atoms with E-state index in [1.54, 1.807) is 6.07 Å². The molecule has 0 amide bonds. The zero-order valence-electron chi connectivity index (χ0n) is 10.6. The number of hydrogen-bond donors (Lipinski definition) is 0. The standard InChI is InChI=1S/C14H18ClFN2/c1-10-8-17-6-2-3-12(17)9-18(10)11-4-5-14(16)13(15)7-11/h4-5,7,10,12H,2-3,6,8-9H2,1H3. The van der Waals surface area contributed by atoms with Gasteiger partial charge in [0.2, 0.25) is 0 Å². The van der Waals surface area contributed by atoms with Gasteiger partial charge in [-0.15, -0.1) is 0 Å². The van der Waals surface area contributed by atoms with E-state index in [1.165, 1.54) is 25.5 Å². The second-order valence-corrected chi connectivity index (χ2v) is 5.80. The van der Waals surface area contributed by atoms with Gasteiger partial charge in [0.1, 0.15) is 5.82 Å². The molecule has 2 nitrogen and oxygen atoms in total. The smallest absolute Gasteiger partial charge is 0.141 e. The molecule has 18 heavy (non-hydrogen) atoms. The van der Waals surface area contributed by atoms with E-state index in [4.69, 9.17) is 11.6 Å². The maximum Gasteiger partial charge on any atom is 0.141 e. The van der Waals surface area contributed by atoms with Crippen molar-refractivity contribution in [3.63, 3.8) is 0 Å². The highest BCUT2D eigenvalue weighted by molar-refractivity contribution is 6.31. The predicted octanol–water partition coefficient (Wildman–Crippen LogP) is 3.15. The molecule has 2 atom stereocenters. The zero-order chi connectivity index (χ0) is 12.7. The van der Waals surface area contributed by atoms with Gasteiger partial charge in [-0.25, -0.2) is 4.39 Å². The van der Waals surface area contributed by atoms with Crippen LogP contribution in [0.1, 0.15) is 19.8 Å². The summed E-state index contributed by atoms with van der Waals surface area (Å²) in [6.07, 6.45) is 2.58. The van der Waals surface area contributed by atoms with Crippen LogP contribution in [0.2, 0.25) is 5.02 Å². The van der Waals surface area contributed by atoms with Crippen LogP contribution in [0.5, 0.6) is 0 Å². The van der Waals surface area contributed by atoms with Gasteiger partial charge in [-0.05, 0) is 44.5 Å². The first kappa shape index (κ1) is 12.2. The van der Waals surface area contributed by atoms with Gasteiger partial charge in [0.15, 0.2) is 0 Å². The van der Waals surface area contributed by atoms with Crippen molar-refractivity contribution in [1.29, 1.82) is 0 Å². The average molecular weight is 269 g/mol. The number of fused-ring (bicyclic) bond motifs is 1. The molecule has 2 saturated heterocycles. The highest BCUT2D eigenvalue weighted by Crippen LogP contribution is 2.30. The third-order valence-electron chi connectivity index (χ3n) is 4.17. The summed E-state index contributed by atoms with van der Waals surface area (Å²) in [5.41, 5.74) is 1.04. The fraction of sp³-hybridized carbons (Fsp3) is 0.571. The molecule has 0 radical (unpaired) electrons. The van der Waals surface area contributed by atoms with Crippen molar-refractivity contribution in [3.8, 4) is 0 Å². The van der Waals surface area contributed by atoms with Crippen molar-refractivity contribution in [2.45, 2.75) is 31.8 Å². The summed E-state index contributed by atoms with van der Waals surface area (Å²) in [6.45, 7) is 5.58. The third-order valence-corrected chi connectivity index (χ3v) is 4.46. The Hall–Kier alpha value is -0.800. The van der Waals surface area contributed by atoms with Gasteiger partial charge in [-0.2, -0.15) is 0 Å². The number of rotatable bonds is 1. The molecule has 2 aliphatic rings. The minimum Gasteiger partial charge on any atom is -0.366 e. The van der Waals surface area contributed by atoms with Crippen LogP contribution in [0.4, 0.5) is 10.1 Å². The van der Waals surface area contributed by atoms with Crippen molar-refractivity contribution in [2.75, 3.05) is 24.5 Å². The lowest BCUT2D eigenvalue weighted by Crippen LogP contribution is -2.55. The van der Waals surface area contributed by atoms with E-state index in [9.17, 15) is 4.39 Å². The number of halogens is 2. The van der Waals surface area contributed by atoms with Gasteiger partial charge in [0.05, 0.1) is 5.02 Å². The summed E-state index contributed by atoms with van der Waals surface area (Å²) in [6, 6.07) is 6.16. The van der Waals surface area contributed by atoms with Crippen molar-refractivity contribution in [1.82, 2.24) is 4.90 Å². The Balaban J connectivity index is 1.84. The van der Waals surface area contributed by atoms with Gasteiger partial charge in [-0.1, -0.05) is 11.6 Å². The Bertz CT molecular complexity index is 451. The van der Waals surface area contributed by atoms with Crippen LogP contribution >= 0.6 is 11.6 Å². The predicted molar refractivity (Wildman–Crippen MR) is 72.8 cm³/mol. The van der Waals surface area contributed by atoms with E-state index >= 15 is 0 Å². The van der Waals surface area contributed by atoms with Crippen LogP contribution in [0.3, 0.4) is 0 Å². The second kappa shape index (κ2) is 4.71. The van der Waals surface area contributed by atoms with Crippen LogP contribution < -0.4 is 4.90 Å². The van der Waals surface area contributed by atoms with E-state index in [2.05, 4.69) is 16.7 Å². The van der Waals surface area contributed by atoms with Crippen molar-refractivity contribution in [2.24, 2.45) is 0 Å². The first-order valence-electron chi connectivity index (χ1n) is 6.61. The first-order valence-corrected chi connectivity index (χ1v) is 6.98. The SMILES string of the molecule is CC1CN2CCCC2CN1c1ccc(F)c(Cl)c1. The molecule has 3 rings (SSSR count). The van der Waals surface area contributed by atoms with Gasteiger partial charge >= 0.3 is 0 Å². The van der Waals surface area contributed by atoms with Gasteiger partial charge in [-0.3, -0.25) is 4.90 Å². The molecule has 0 bridgehead atoms. The monoisotopic (exact) mass is 268 g/mol. The van der Waals surface area contributed by atoms with E-state index in [1.807, 2.05) is 6.07 Å². The number of benzene rings is 1. The Morgan fingerprint density at radius 2 is 2.17 bits per heavy atom. The molecule has 0 spiro atoms. The summed E-state index contributed by atoms with van der Waals surface area (Å²) < 4.78 is 13.2. The van der Waals surface area contributed by atoms with Crippen LogP contribution in [0.15, 0.2) is 18.2 Å². The fourth-order valence-corrected chi connectivity index (χ4v) is 3.39. The summed E-state index contributed by atoms with van der Waals surface area (Å²) in [5, 5.41) is 0.216.